The van der Waals surface area contributed by atoms with Crippen LogP contribution in [0, 0.1) is 20.8 Å². The fourth-order valence-electron chi connectivity index (χ4n) is 4.74. The summed E-state index contributed by atoms with van der Waals surface area (Å²) in [6, 6.07) is 0.220. The summed E-state index contributed by atoms with van der Waals surface area (Å²) in [6.45, 7) is 12.7. The van der Waals surface area contributed by atoms with Crippen molar-refractivity contribution in [2.45, 2.75) is 85.5 Å². The highest BCUT2D eigenvalue weighted by atomic mass is 16.2. The lowest BCUT2D eigenvalue weighted by molar-refractivity contribution is -0.136. The first-order valence-electron chi connectivity index (χ1n) is 11.4. The summed E-state index contributed by atoms with van der Waals surface area (Å²) >= 11 is 0. The predicted octanol–water partition coefficient (Wildman–Crippen LogP) is 2.41. The van der Waals surface area contributed by atoms with Crippen LogP contribution in [-0.4, -0.2) is 54.6 Å². The molecule has 2 aliphatic rings. The molecular weight excluding hydrogens is 392 g/mol. The van der Waals surface area contributed by atoms with Crippen molar-refractivity contribution in [2.75, 3.05) is 13.1 Å². The summed E-state index contributed by atoms with van der Waals surface area (Å²) in [6.07, 6.45) is 3.59. The number of amides is 1. The van der Waals surface area contributed by atoms with Crippen molar-refractivity contribution in [3.63, 3.8) is 0 Å². The van der Waals surface area contributed by atoms with Crippen LogP contribution in [0.2, 0.25) is 0 Å². The molecule has 1 fully saturated rings. The number of aromatic amines is 1. The quantitative estimate of drug-likeness (QED) is 0.811. The minimum absolute atomic E-state index is 0.0293. The Labute approximate surface area is 183 Å². The van der Waals surface area contributed by atoms with Gasteiger partial charge in [-0.15, -0.1) is 0 Å². The third kappa shape index (κ3) is 4.18. The van der Waals surface area contributed by atoms with Crippen LogP contribution in [0.3, 0.4) is 0 Å². The van der Waals surface area contributed by atoms with Gasteiger partial charge in [-0.05, 0) is 59.4 Å². The first-order valence-corrected chi connectivity index (χ1v) is 11.4. The van der Waals surface area contributed by atoms with E-state index in [0.29, 0.717) is 25.0 Å². The van der Waals surface area contributed by atoms with E-state index in [1.165, 1.54) is 0 Å². The van der Waals surface area contributed by atoms with Gasteiger partial charge in [0.15, 0.2) is 0 Å². The van der Waals surface area contributed by atoms with Gasteiger partial charge in [0.05, 0.1) is 23.0 Å². The first-order chi connectivity index (χ1) is 14.8. The van der Waals surface area contributed by atoms with Crippen LogP contribution in [0.25, 0.3) is 0 Å². The van der Waals surface area contributed by atoms with Crippen LogP contribution in [0.1, 0.15) is 73.2 Å². The lowest BCUT2D eigenvalue weighted by Gasteiger charge is -2.36. The second-order valence-corrected chi connectivity index (χ2v) is 9.24. The Morgan fingerprint density at radius 3 is 2.65 bits per heavy atom. The third-order valence-electron chi connectivity index (χ3n) is 7.01. The molecular formula is C23H34N6O2. The molecule has 0 radical (unpaired) electrons. The molecule has 2 aromatic rings. The van der Waals surface area contributed by atoms with Gasteiger partial charge in [-0.1, -0.05) is 0 Å². The number of H-pyrrole nitrogens is 1. The van der Waals surface area contributed by atoms with Crippen molar-refractivity contribution >= 4 is 5.91 Å². The average molecular weight is 427 g/mol. The van der Waals surface area contributed by atoms with E-state index in [9.17, 15) is 9.59 Å². The molecule has 0 unspecified atom stereocenters. The average Bonchev–Trinajstić information content (AvgIpc) is 2.99. The fourth-order valence-corrected chi connectivity index (χ4v) is 4.74. The summed E-state index contributed by atoms with van der Waals surface area (Å²) in [4.78, 5) is 38.2. The molecule has 0 aliphatic carbocycles. The number of likely N-dealkylation sites (tertiary alicyclic amines) is 1. The molecule has 0 saturated carbocycles. The van der Waals surface area contributed by atoms with Crippen molar-refractivity contribution in [3.8, 4) is 0 Å². The molecule has 1 amide bonds. The molecule has 4 heterocycles. The second-order valence-electron chi connectivity index (χ2n) is 9.24. The minimum Gasteiger partial charge on any atom is -0.331 e. The fraction of sp³-hybridized carbons (Fsp3) is 0.652. The zero-order chi connectivity index (χ0) is 22.3. The van der Waals surface area contributed by atoms with Gasteiger partial charge in [-0.25, -0.2) is 4.98 Å². The zero-order valence-corrected chi connectivity index (χ0v) is 19.4. The molecule has 31 heavy (non-hydrogen) atoms. The van der Waals surface area contributed by atoms with E-state index < -0.39 is 0 Å². The molecule has 1 N–H and O–H groups in total. The van der Waals surface area contributed by atoms with Gasteiger partial charge >= 0.3 is 0 Å². The van der Waals surface area contributed by atoms with Crippen molar-refractivity contribution in [1.82, 2.24) is 29.5 Å². The number of aromatic nitrogens is 4. The van der Waals surface area contributed by atoms with Crippen molar-refractivity contribution in [2.24, 2.45) is 0 Å². The monoisotopic (exact) mass is 426 g/mol. The molecule has 168 valence electrons. The number of hydrogen-bond acceptors (Lipinski definition) is 5. The number of piperidine rings is 1. The maximum atomic E-state index is 13.3. The highest BCUT2D eigenvalue weighted by Gasteiger charge is 2.32. The third-order valence-corrected chi connectivity index (χ3v) is 7.01. The Bertz CT molecular complexity index is 1040. The van der Waals surface area contributed by atoms with Crippen LogP contribution in [0.4, 0.5) is 0 Å². The van der Waals surface area contributed by atoms with E-state index in [0.717, 1.165) is 60.4 Å². The Balaban J connectivity index is 1.59. The van der Waals surface area contributed by atoms with Crippen LogP contribution < -0.4 is 5.56 Å². The van der Waals surface area contributed by atoms with Crippen LogP contribution in [-0.2, 0) is 24.3 Å². The molecule has 0 bridgehead atoms. The summed E-state index contributed by atoms with van der Waals surface area (Å²) in [5, 5.41) is 4.53. The molecule has 0 aromatic carbocycles. The SMILES string of the molecule is Cc1nn(CC(=O)N2CCCC[C@@H]2c2nc3c(c(=O)[nH]2)CN(C(C)C)CC3)c(C)c1C. The van der Waals surface area contributed by atoms with Crippen LogP contribution >= 0.6 is 0 Å². The summed E-state index contributed by atoms with van der Waals surface area (Å²) < 4.78 is 1.79. The topological polar surface area (TPSA) is 87.1 Å². The lowest BCUT2D eigenvalue weighted by atomic mass is 10.00. The largest absolute Gasteiger partial charge is 0.331 e. The van der Waals surface area contributed by atoms with E-state index in [1.54, 1.807) is 4.68 Å². The molecule has 2 aromatic heterocycles. The van der Waals surface area contributed by atoms with Gasteiger partial charge in [0.1, 0.15) is 12.4 Å². The van der Waals surface area contributed by atoms with Crippen molar-refractivity contribution in [3.05, 3.63) is 44.4 Å². The van der Waals surface area contributed by atoms with Crippen molar-refractivity contribution < 1.29 is 4.79 Å². The second kappa shape index (κ2) is 8.57. The van der Waals surface area contributed by atoms with E-state index in [1.807, 2.05) is 25.7 Å². The van der Waals surface area contributed by atoms with Gasteiger partial charge in [0.25, 0.3) is 5.56 Å². The number of nitrogens with zero attached hydrogens (tertiary/aromatic N) is 5. The van der Waals surface area contributed by atoms with E-state index >= 15 is 0 Å². The lowest BCUT2D eigenvalue weighted by Crippen LogP contribution is -2.43. The number of nitrogens with one attached hydrogen (secondary N) is 1. The summed E-state index contributed by atoms with van der Waals surface area (Å²) in [5.41, 5.74) is 4.71. The molecule has 4 rings (SSSR count). The Morgan fingerprint density at radius 2 is 1.97 bits per heavy atom. The Hall–Kier alpha value is -2.48. The standard InChI is InChI=1S/C23H34N6O2/c1-14(2)27-11-9-19-18(12-27)23(31)25-22(24-19)20-8-6-7-10-28(20)21(30)13-29-17(5)15(3)16(4)26-29/h14,20H,6-13H2,1-5H3,(H,24,25,31)/t20-/m1/s1. The van der Waals surface area contributed by atoms with E-state index in [4.69, 9.17) is 4.98 Å². The molecule has 2 aliphatic heterocycles. The highest BCUT2D eigenvalue weighted by Crippen LogP contribution is 2.30. The number of carbonyl (C=O) groups excluding carboxylic acids is 1. The number of rotatable bonds is 4. The van der Waals surface area contributed by atoms with Crippen molar-refractivity contribution in [1.29, 1.82) is 0 Å². The highest BCUT2D eigenvalue weighted by molar-refractivity contribution is 5.76. The Morgan fingerprint density at radius 1 is 1.19 bits per heavy atom. The predicted molar refractivity (Wildman–Crippen MR) is 119 cm³/mol. The van der Waals surface area contributed by atoms with Crippen LogP contribution in [0.15, 0.2) is 4.79 Å². The number of hydrogen-bond donors (Lipinski definition) is 1. The smallest absolute Gasteiger partial charge is 0.255 e. The first kappa shape index (κ1) is 21.7. The van der Waals surface area contributed by atoms with Gasteiger partial charge < -0.3 is 9.88 Å². The maximum absolute atomic E-state index is 13.3. The van der Waals surface area contributed by atoms with Gasteiger partial charge in [0.2, 0.25) is 5.91 Å². The van der Waals surface area contributed by atoms with E-state index in [-0.39, 0.29) is 24.1 Å². The summed E-state index contributed by atoms with van der Waals surface area (Å²) in [7, 11) is 0. The number of fused-ring (bicyclic) bond motifs is 1. The van der Waals surface area contributed by atoms with Gasteiger partial charge in [0, 0.05) is 37.8 Å². The minimum atomic E-state index is -0.180. The maximum Gasteiger partial charge on any atom is 0.255 e. The van der Waals surface area contributed by atoms with Gasteiger partial charge in [-0.2, -0.15) is 5.10 Å². The molecule has 8 nitrogen and oxygen atoms in total. The summed E-state index contributed by atoms with van der Waals surface area (Å²) in [5.74, 6) is 0.668. The zero-order valence-electron chi connectivity index (χ0n) is 19.4. The molecule has 1 atom stereocenters. The molecule has 1 saturated heterocycles. The normalized spacial score (nSPS) is 19.7. The Kier molecular flexibility index (Phi) is 6.01. The molecule has 0 spiro atoms. The van der Waals surface area contributed by atoms with E-state index in [2.05, 4.69) is 28.8 Å². The van der Waals surface area contributed by atoms with Gasteiger partial charge in [-0.3, -0.25) is 19.2 Å². The number of aryl methyl sites for hydroxylation is 1. The number of carbonyl (C=O) groups is 1. The molecule has 8 heteroatoms. The van der Waals surface area contributed by atoms with Crippen LogP contribution in [0.5, 0.6) is 0 Å².